The number of aromatic nitrogens is 1. The molecule has 0 radical (unpaired) electrons. The van der Waals surface area contributed by atoms with Gasteiger partial charge in [-0.1, -0.05) is 0 Å². The Morgan fingerprint density at radius 2 is 1.91 bits per heavy atom. The Morgan fingerprint density at radius 1 is 1.18 bits per heavy atom. The van der Waals surface area contributed by atoms with E-state index in [4.69, 9.17) is 9.15 Å². The van der Waals surface area contributed by atoms with Gasteiger partial charge in [0.2, 0.25) is 5.43 Å². The first-order valence-corrected chi connectivity index (χ1v) is 7.80. The van der Waals surface area contributed by atoms with E-state index in [1.807, 2.05) is 33.8 Å². The molecule has 0 fully saturated rings. The summed E-state index contributed by atoms with van der Waals surface area (Å²) < 4.78 is 11.2. The molecule has 3 rings (SSSR count). The van der Waals surface area contributed by atoms with Crippen molar-refractivity contribution < 1.29 is 9.15 Å². The van der Waals surface area contributed by atoms with Crippen LogP contribution in [-0.2, 0) is 0 Å². The Morgan fingerprint density at radius 3 is 2.50 bits per heavy atom. The molecule has 0 atom stereocenters. The Labute approximate surface area is 132 Å². The third-order valence-electron chi connectivity index (χ3n) is 3.71. The van der Waals surface area contributed by atoms with E-state index in [-0.39, 0.29) is 5.43 Å². The monoisotopic (exact) mass is 315 g/mol. The molecule has 114 valence electrons. The average Bonchev–Trinajstić information content (AvgIpc) is 2.78. The fourth-order valence-electron chi connectivity index (χ4n) is 2.69. The van der Waals surface area contributed by atoms with E-state index in [0.717, 1.165) is 21.1 Å². The van der Waals surface area contributed by atoms with Gasteiger partial charge in [0, 0.05) is 6.07 Å². The van der Waals surface area contributed by atoms with Gasteiger partial charge in [-0.05, 0) is 39.3 Å². The van der Waals surface area contributed by atoms with Crippen LogP contribution in [0, 0.1) is 27.7 Å². The molecule has 5 heteroatoms. The second kappa shape index (κ2) is 5.25. The summed E-state index contributed by atoms with van der Waals surface area (Å²) in [5, 5.41) is 1.52. The predicted octanol–water partition coefficient (Wildman–Crippen LogP) is 4.16. The number of thiazole rings is 1. The third-order valence-corrected chi connectivity index (χ3v) is 4.80. The Hall–Kier alpha value is -2.14. The number of hydrogen-bond donors (Lipinski definition) is 0. The minimum atomic E-state index is -0.0174. The smallest absolute Gasteiger partial charge is 0.201 e. The van der Waals surface area contributed by atoms with E-state index in [1.165, 1.54) is 11.3 Å². The van der Waals surface area contributed by atoms with Gasteiger partial charge in [0.25, 0.3) is 0 Å². The van der Waals surface area contributed by atoms with Crippen molar-refractivity contribution in [3.05, 3.63) is 44.4 Å². The zero-order valence-corrected chi connectivity index (χ0v) is 14.1. The summed E-state index contributed by atoms with van der Waals surface area (Å²) in [6.45, 7) is 7.59. The van der Waals surface area contributed by atoms with Gasteiger partial charge in [-0.2, -0.15) is 0 Å². The average molecular weight is 315 g/mol. The molecule has 1 aromatic carbocycles. The molecule has 0 unspecified atom stereocenters. The van der Waals surface area contributed by atoms with Crippen LogP contribution in [0.1, 0.15) is 22.0 Å². The maximum atomic E-state index is 12.9. The van der Waals surface area contributed by atoms with Crippen LogP contribution in [0.25, 0.3) is 21.4 Å². The van der Waals surface area contributed by atoms with E-state index in [1.54, 1.807) is 13.2 Å². The molecule has 0 saturated carbocycles. The second-order valence-corrected chi connectivity index (χ2v) is 6.53. The number of ether oxygens (including phenoxy) is 1. The standard InChI is InChI=1S/C17H17NO3S/c1-8-6-12-14(7-13(8)20-5)21-10(3)15(16(12)19)17-9(2)18-11(4)22-17/h6-7H,1-5H3. The molecule has 2 aromatic heterocycles. The van der Waals surface area contributed by atoms with Gasteiger partial charge in [-0.3, -0.25) is 4.79 Å². The zero-order valence-electron chi connectivity index (χ0n) is 13.2. The van der Waals surface area contributed by atoms with Gasteiger partial charge < -0.3 is 9.15 Å². The van der Waals surface area contributed by atoms with E-state index in [2.05, 4.69) is 4.98 Å². The normalized spacial score (nSPS) is 11.1. The molecule has 0 N–H and O–H groups in total. The molecule has 2 heterocycles. The zero-order chi connectivity index (χ0) is 16.0. The summed E-state index contributed by atoms with van der Waals surface area (Å²) in [5.74, 6) is 1.32. The number of methoxy groups -OCH3 is 1. The molecule has 0 spiro atoms. The van der Waals surface area contributed by atoms with Crippen molar-refractivity contribution in [1.82, 2.24) is 4.98 Å². The summed E-state index contributed by atoms with van der Waals surface area (Å²) in [6, 6.07) is 3.60. The van der Waals surface area contributed by atoms with E-state index < -0.39 is 0 Å². The van der Waals surface area contributed by atoms with Crippen molar-refractivity contribution in [2.24, 2.45) is 0 Å². The molecule has 0 bridgehead atoms. The van der Waals surface area contributed by atoms with Crippen LogP contribution in [0.4, 0.5) is 0 Å². The maximum Gasteiger partial charge on any atom is 0.201 e. The second-order valence-electron chi connectivity index (χ2n) is 5.33. The molecule has 0 saturated heterocycles. The van der Waals surface area contributed by atoms with Crippen LogP contribution in [0.15, 0.2) is 21.3 Å². The number of aryl methyl sites for hydroxylation is 4. The van der Waals surface area contributed by atoms with Crippen LogP contribution in [0.3, 0.4) is 0 Å². The highest BCUT2D eigenvalue weighted by Gasteiger charge is 2.19. The quantitative estimate of drug-likeness (QED) is 0.712. The predicted molar refractivity (Wildman–Crippen MR) is 89.1 cm³/mol. The third kappa shape index (κ3) is 2.22. The number of fused-ring (bicyclic) bond motifs is 1. The minimum absolute atomic E-state index is 0.0174. The van der Waals surface area contributed by atoms with Crippen molar-refractivity contribution in [3.8, 4) is 16.2 Å². The lowest BCUT2D eigenvalue weighted by Gasteiger charge is -2.09. The van der Waals surface area contributed by atoms with Gasteiger partial charge >= 0.3 is 0 Å². The van der Waals surface area contributed by atoms with Gasteiger partial charge in [-0.25, -0.2) is 4.98 Å². The van der Waals surface area contributed by atoms with Crippen LogP contribution in [0.2, 0.25) is 0 Å². The number of benzene rings is 1. The summed E-state index contributed by atoms with van der Waals surface area (Å²) in [7, 11) is 1.61. The fraction of sp³-hybridized carbons (Fsp3) is 0.294. The molecule has 4 nitrogen and oxygen atoms in total. The van der Waals surface area contributed by atoms with Gasteiger partial charge in [0.1, 0.15) is 17.1 Å². The van der Waals surface area contributed by atoms with Crippen molar-refractivity contribution in [2.45, 2.75) is 27.7 Å². The summed E-state index contributed by atoms with van der Waals surface area (Å²) in [4.78, 5) is 18.2. The molecule has 0 aliphatic carbocycles. The van der Waals surface area contributed by atoms with Crippen molar-refractivity contribution in [3.63, 3.8) is 0 Å². The summed E-state index contributed by atoms with van der Waals surface area (Å²) >= 11 is 1.52. The fourth-order valence-corrected chi connectivity index (χ4v) is 3.70. The lowest BCUT2D eigenvalue weighted by atomic mass is 10.1. The number of hydrogen-bond acceptors (Lipinski definition) is 5. The van der Waals surface area contributed by atoms with Crippen molar-refractivity contribution in [1.29, 1.82) is 0 Å². The molecule has 0 amide bonds. The van der Waals surface area contributed by atoms with Crippen molar-refractivity contribution in [2.75, 3.05) is 7.11 Å². The van der Waals surface area contributed by atoms with Crippen molar-refractivity contribution >= 4 is 22.3 Å². The van der Waals surface area contributed by atoms with Gasteiger partial charge in [0.15, 0.2) is 0 Å². The van der Waals surface area contributed by atoms with Crippen LogP contribution >= 0.6 is 11.3 Å². The van der Waals surface area contributed by atoms with E-state index in [9.17, 15) is 4.79 Å². The summed E-state index contributed by atoms with van der Waals surface area (Å²) in [6.07, 6.45) is 0. The lowest BCUT2D eigenvalue weighted by Crippen LogP contribution is -2.08. The molecule has 3 aromatic rings. The SMILES string of the molecule is COc1cc2oc(C)c(-c3sc(C)nc3C)c(=O)c2cc1C. The molecule has 0 aliphatic rings. The highest BCUT2D eigenvalue weighted by Crippen LogP contribution is 2.33. The van der Waals surface area contributed by atoms with Crippen LogP contribution in [0.5, 0.6) is 5.75 Å². The minimum Gasteiger partial charge on any atom is -0.496 e. The molecule has 0 aliphatic heterocycles. The van der Waals surface area contributed by atoms with Crippen LogP contribution in [-0.4, -0.2) is 12.1 Å². The molecule has 22 heavy (non-hydrogen) atoms. The highest BCUT2D eigenvalue weighted by molar-refractivity contribution is 7.15. The summed E-state index contributed by atoms with van der Waals surface area (Å²) in [5.41, 5.74) is 2.92. The highest BCUT2D eigenvalue weighted by atomic mass is 32.1. The first kappa shape index (κ1) is 14.8. The first-order chi connectivity index (χ1) is 10.4. The topological polar surface area (TPSA) is 52.3 Å². The Bertz CT molecular complexity index is 937. The van der Waals surface area contributed by atoms with E-state index in [0.29, 0.717) is 28.0 Å². The molecular formula is C17H17NO3S. The Kier molecular flexibility index (Phi) is 3.53. The van der Waals surface area contributed by atoms with Gasteiger partial charge in [0.05, 0.1) is 33.6 Å². The lowest BCUT2D eigenvalue weighted by molar-refractivity contribution is 0.411. The maximum absolute atomic E-state index is 12.9. The Balaban J connectivity index is 2.38. The first-order valence-electron chi connectivity index (χ1n) is 6.98. The van der Waals surface area contributed by atoms with Crippen LogP contribution < -0.4 is 10.2 Å². The largest absolute Gasteiger partial charge is 0.496 e. The number of nitrogens with zero attached hydrogens (tertiary/aromatic N) is 1. The number of rotatable bonds is 2. The van der Waals surface area contributed by atoms with E-state index >= 15 is 0 Å². The molecular weight excluding hydrogens is 298 g/mol. The van der Waals surface area contributed by atoms with Gasteiger partial charge in [-0.15, -0.1) is 11.3 Å².